The standard InChI is InChI=1S/C10H6ClN3/c11-9-1-3-10(4-2-9)14-7-8(5-12)6-13/h1-4,7,14H. The van der Waals surface area contributed by atoms with Gasteiger partial charge in [-0.15, -0.1) is 0 Å². The van der Waals surface area contributed by atoms with Gasteiger partial charge in [0.2, 0.25) is 0 Å². The van der Waals surface area contributed by atoms with Gasteiger partial charge in [0.05, 0.1) is 0 Å². The van der Waals surface area contributed by atoms with E-state index in [2.05, 4.69) is 5.32 Å². The molecule has 0 spiro atoms. The zero-order valence-corrected chi connectivity index (χ0v) is 7.92. The number of rotatable bonds is 2. The number of nitrogens with zero attached hydrogens (tertiary/aromatic N) is 2. The Morgan fingerprint density at radius 1 is 1.21 bits per heavy atom. The largest absolute Gasteiger partial charge is 0.360 e. The van der Waals surface area contributed by atoms with Gasteiger partial charge in [-0.05, 0) is 24.3 Å². The van der Waals surface area contributed by atoms with Crippen LogP contribution in [0.5, 0.6) is 0 Å². The Hall–Kier alpha value is -1.97. The minimum atomic E-state index is 0.0277. The first-order valence-electron chi connectivity index (χ1n) is 3.78. The quantitative estimate of drug-likeness (QED) is 0.752. The lowest BCUT2D eigenvalue weighted by atomic mass is 10.3. The van der Waals surface area contributed by atoms with Crippen LogP contribution >= 0.6 is 11.6 Å². The summed E-state index contributed by atoms with van der Waals surface area (Å²) in [5.41, 5.74) is 0.803. The van der Waals surface area contributed by atoms with E-state index in [1.54, 1.807) is 36.4 Å². The average Bonchev–Trinajstić information content (AvgIpc) is 2.22. The molecule has 0 aliphatic rings. The molecule has 1 aromatic rings. The summed E-state index contributed by atoms with van der Waals surface area (Å²) in [6.45, 7) is 0. The van der Waals surface area contributed by atoms with Crippen molar-refractivity contribution in [2.24, 2.45) is 0 Å². The maximum atomic E-state index is 8.45. The van der Waals surface area contributed by atoms with Gasteiger partial charge in [0.1, 0.15) is 17.7 Å². The van der Waals surface area contributed by atoms with Crippen molar-refractivity contribution in [1.29, 1.82) is 10.5 Å². The summed E-state index contributed by atoms with van der Waals surface area (Å²) in [6.07, 6.45) is 1.35. The molecule has 0 aromatic heterocycles. The minimum absolute atomic E-state index is 0.0277. The second-order valence-electron chi connectivity index (χ2n) is 2.43. The van der Waals surface area contributed by atoms with Gasteiger partial charge < -0.3 is 5.32 Å². The van der Waals surface area contributed by atoms with Crippen LogP contribution < -0.4 is 5.32 Å². The molecule has 0 saturated heterocycles. The highest BCUT2D eigenvalue weighted by molar-refractivity contribution is 6.30. The van der Waals surface area contributed by atoms with Crippen LogP contribution in [0.25, 0.3) is 0 Å². The van der Waals surface area contributed by atoms with Crippen molar-refractivity contribution in [1.82, 2.24) is 0 Å². The van der Waals surface area contributed by atoms with E-state index in [1.165, 1.54) is 6.20 Å². The van der Waals surface area contributed by atoms with Crippen LogP contribution in [0.15, 0.2) is 36.0 Å². The Morgan fingerprint density at radius 2 is 1.79 bits per heavy atom. The second-order valence-corrected chi connectivity index (χ2v) is 2.87. The number of halogens is 1. The zero-order valence-electron chi connectivity index (χ0n) is 7.16. The van der Waals surface area contributed by atoms with E-state index in [1.807, 2.05) is 0 Å². The topological polar surface area (TPSA) is 59.6 Å². The molecule has 0 amide bonds. The van der Waals surface area contributed by atoms with E-state index in [0.29, 0.717) is 5.02 Å². The van der Waals surface area contributed by atoms with Gasteiger partial charge >= 0.3 is 0 Å². The summed E-state index contributed by atoms with van der Waals surface area (Å²) in [6, 6.07) is 10.4. The molecular formula is C10H6ClN3. The van der Waals surface area contributed by atoms with Crippen LogP contribution in [0.2, 0.25) is 5.02 Å². The van der Waals surface area contributed by atoms with Crippen LogP contribution in [0.3, 0.4) is 0 Å². The Kier molecular flexibility index (Phi) is 3.55. The summed E-state index contributed by atoms with van der Waals surface area (Å²) >= 11 is 5.68. The molecule has 14 heavy (non-hydrogen) atoms. The number of nitrogens with one attached hydrogen (secondary N) is 1. The van der Waals surface area contributed by atoms with Crippen molar-refractivity contribution in [2.45, 2.75) is 0 Å². The van der Waals surface area contributed by atoms with Crippen molar-refractivity contribution >= 4 is 17.3 Å². The van der Waals surface area contributed by atoms with Gasteiger partial charge in [0.25, 0.3) is 0 Å². The van der Waals surface area contributed by atoms with Gasteiger partial charge in [0.15, 0.2) is 0 Å². The minimum Gasteiger partial charge on any atom is -0.360 e. The molecule has 68 valence electrons. The van der Waals surface area contributed by atoms with Crippen LogP contribution in [0.1, 0.15) is 0 Å². The molecule has 1 N–H and O–H groups in total. The fourth-order valence-electron chi connectivity index (χ4n) is 0.791. The van der Waals surface area contributed by atoms with Gasteiger partial charge in [0, 0.05) is 16.9 Å². The van der Waals surface area contributed by atoms with E-state index >= 15 is 0 Å². The number of hydrogen-bond donors (Lipinski definition) is 1. The highest BCUT2D eigenvalue weighted by atomic mass is 35.5. The maximum Gasteiger partial charge on any atom is 0.145 e. The normalized spacial score (nSPS) is 8.21. The molecule has 0 heterocycles. The van der Waals surface area contributed by atoms with Crippen LogP contribution in [0.4, 0.5) is 5.69 Å². The average molecular weight is 204 g/mol. The zero-order chi connectivity index (χ0) is 10.4. The first-order chi connectivity index (χ1) is 6.76. The molecule has 4 heteroatoms. The van der Waals surface area contributed by atoms with E-state index < -0.39 is 0 Å². The molecule has 0 aliphatic heterocycles. The van der Waals surface area contributed by atoms with Gasteiger partial charge in [-0.25, -0.2) is 0 Å². The van der Waals surface area contributed by atoms with Crippen molar-refractivity contribution in [3.05, 3.63) is 41.1 Å². The molecule has 0 unspecified atom stereocenters. The SMILES string of the molecule is N#CC(C#N)=CNc1ccc(Cl)cc1. The van der Waals surface area contributed by atoms with E-state index in [0.717, 1.165) is 5.69 Å². The Balaban J connectivity index is 2.73. The molecule has 0 saturated carbocycles. The molecular weight excluding hydrogens is 198 g/mol. The van der Waals surface area contributed by atoms with Gasteiger partial charge in [-0.3, -0.25) is 0 Å². The lowest BCUT2D eigenvalue weighted by molar-refractivity contribution is 1.44. The summed E-state index contributed by atoms with van der Waals surface area (Å²) < 4.78 is 0. The highest BCUT2D eigenvalue weighted by Crippen LogP contribution is 2.13. The van der Waals surface area contributed by atoms with E-state index in [4.69, 9.17) is 22.1 Å². The predicted molar refractivity (Wildman–Crippen MR) is 54.4 cm³/mol. The molecule has 0 radical (unpaired) electrons. The van der Waals surface area contributed by atoms with E-state index in [9.17, 15) is 0 Å². The third-order valence-corrected chi connectivity index (χ3v) is 1.72. The van der Waals surface area contributed by atoms with Gasteiger partial charge in [-0.1, -0.05) is 11.6 Å². The van der Waals surface area contributed by atoms with Crippen LogP contribution in [-0.2, 0) is 0 Å². The van der Waals surface area contributed by atoms with Crippen molar-refractivity contribution < 1.29 is 0 Å². The van der Waals surface area contributed by atoms with Crippen molar-refractivity contribution in [3.63, 3.8) is 0 Å². The number of nitriles is 2. The maximum absolute atomic E-state index is 8.45. The number of hydrogen-bond acceptors (Lipinski definition) is 3. The Morgan fingerprint density at radius 3 is 2.29 bits per heavy atom. The summed E-state index contributed by atoms with van der Waals surface area (Å²) in [7, 11) is 0. The summed E-state index contributed by atoms with van der Waals surface area (Å²) in [5, 5.41) is 20.3. The van der Waals surface area contributed by atoms with Gasteiger partial charge in [-0.2, -0.15) is 10.5 Å². The Labute approximate surface area is 86.8 Å². The predicted octanol–water partition coefficient (Wildman–Crippen LogP) is 2.68. The first kappa shape index (κ1) is 10.1. The second kappa shape index (κ2) is 4.91. The molecule has 0 aliphatic carbocycles. The lowest BCUT2D eigenvalue weighted by Crippen LogP contribution is -1.88. The summed E-state index contributed by atoms with van der Waals surface area (Å²) in [5.74, 6) is 0. The van der Waals surface area contributed by atoms with E-state index in [-0.39, 0.29) is 5.57 Å². The van der Waals surface area contributed by atoms with Crippen LogP contribution in [-0.4, -0.2) is 0 Å². The smallest absolute Gasteiger partial charge is 0.145 e. The highest BCUT2D eigenvalue weighted by Gasteiger charge is 1.92. The van der Waals surface area contributed by atoms with Crippen molar-refractivity contribution in [2.75, 3.05) is 5.32 Å². The Bertz CT molecular complexity index is 404. The number of anilines is 1. The fourth-order valence-corrected chi connectivity index (χ4v) is 0.917. The molecule has 0 fully saturated rings. The van der Waals surface area contributed by atoms with Crippen LogP contribution in [0, 0.1) is 22.7 Å². The molecule has 0 bridgehead atoms. The molecule has 1 rings (SSSR count). The molecule has 1 aromatic carbocycles. The fraction of sp³-hybridized carbons (Fsp3) is 0. The third kappa shape index (κ3) is 2.82. The third-order valence-electron chi connectivity index (χ3n) is 1.47. The summed E-state index contributed by atoms with van der Waals surface area (Å²) in [4.78, 5) is 0. The molecule has 0 atom stereocenters. The monoisotopic (exact) mass is 203 g/mol. The molecule has 3 nitrogen and oxygen atoms in total. The number of benzene rings is 1. The first-order valence-corrected chi connectivity index (χ1v) is 4.16. The number of allylic oxidation sites excluding steroid dienone is 1. The van der Waals surface area contributed by atoms with Crippen molar-refractivity contribution in [3.8, 4) is 12.1 Å². The lowest BCUT2D eigenvalue weighted by Gasteiger charge is -1.99.